The van der Waals surface area contributed by atoms with Crippen LogP contribution >= 0.6 is 12.6 Å². The van der Waals surface area contributed by atoms with Crippen molar-refractivity contribution in [1.29, 1.82) is 0 Å². The normalized spacial score (nSPS) is 10.0. The number of hydrogen-bond acceptors (Lipinski definition) is 1. The number of benzene rings is 1. The lowest BCUT2D eigenvalue weighted by Gasteiger charge is -1.98. The van der Waals surface area contributed by atoms with E-state index in [1.807, 2.05) is 0 Å². The third kappa shape index (κ3) is 1.29. The third-order valence-electron chi connectivity index (χ3n) is 1.24. The minimum atomic E-state index is -0.851. The van der Waals surface area contributed by atoms with Crippen LogP contribution in [0.15, 0.2) is 17.0 Å². The Hall–Kier alpha value is -0.570. The molecule has 0 aliphatic carbocycles. The van der Waals surface area contributed by atoms with E-state index < -0.39 is 11.6 Å². The number of hydrogen-bond donors (Lipinski definition) is 1. The van der Waals surface area contributed by atoms with Gasteiger partial charge in [-0.2, -0.15) is 0 Å². The van der Waals surface area contributed by atoms with E-state index >= 15 is 0 Å². The first-order chi connectivity index (χ1) is 4.61. The van der Waals surface area contributed by atoms with Gasteiger partial charge in [0.25, 0.3) is 0 Å². The summed E-state index contributed by atoms with van der Waals surface area (Å²) in [6.07, 6.45) is 0. The lowest BCUT2D eigenvalue weighted by Crippen LogP contribution is -1.85. The van der Waals surface area contributed by atoms with Gasteiger partial charge < -0.3 is 0 Å². The van der Waals surface area contributed by atoms with E-state index in [-0.39, 0.29) is 0 Å². The molecular weight excluding hydrogens is 154 g/mol. The molecule has 0 aliphatic heterocycles. The Morgan fingerprint density at radius 3 is 2.20 bits per heavy atom. The number of rotatable bonds is 0. The van der Waals surface area contributed by atoms with Crippen LogP contribution in [0.3, 0.4) is 0 Å². The van der Waals surface area contributed by atoms with E-state index in [1.54, 1.807) is 6.92 Å². The van der Waals surface area contributed by atoms with Gasteiger partial charge in [-0.15, -0.1) is 12.6 Å². The summed E-state index contributed by atoms with van der Waals surface area (Å²) in [5, 5.41) is 0. The van der Waals surface area contributed by atoms with Crippen molar-refractivity contribution in [1.82, 2.24) is 0 Å². The summed E-state index contributed by atoms with van der Waals surface area (Å²) in [5.74, 6) is -1.68. The molecule has 0 aromatic heterocycles. The van der Waals surface area contributed by atoms with Gasteiger partial charge in [-0.05, 0) is 24.6 Å². The topological polar surface area (TPSA) is 0 Å². The number of thiol groups is 1. The fraction of sp³-hybridized carbons (Fsp3) is 0.143. The van der Waals surface area contributed by atoms with Gasteiger partial charge in [-0.3, -0.25) is 0 Å². The minimum absolute atomic E-state index is 0.471. The van der Waals surface area contributed by atoms with Crippen LogP contribution in [0.2, 0.25) is 0 Å². The van der Waals surface area contributed by atoms with E-state index in [4.69, 9.17) is 0 Å². The van der Waals surface area contributed by atoms with Crippen molar-refractivity contribution >= 4 is 12.6 Å². The Bertz CT molecular complexity index is 208. The fourth-order valence-corrected chi connectivity index (χ4v) is 0.814. The van der Waals surface area contributed by atoms with Crippen molar-refractivity contribution in [3.05, 3.63) is 29.3 Å². The predicted molar refractivity (Wildman–Crippen MR) is 38.3 cm³/mol. The van der Waals surface area contributed by atoms with Crippen molar-refractivity contribution < 1.29 is 8.78 Å². The monoisotopic (exact) mass is 160 g/mol. The smallest absolute Gasteiger partial charge is 0.159 e. The highest BCUT2D eigenvalue weighted by atomic mass is 32.1. The van der Waals surface area contributed by atoms with Gasteiger partial charge in [0.2, 0.25) is 0 Å². The molecule has 54 valence electrons. The Morgan fingerprint density at radius 1 is 1.20 bits per heavy atom. The molecule has 1 aromatic carbocycles. The molecule has 0 saturated heterocycles. The van der Waals surface area contributed by atoms with Crippen LogP contribution < -0.4 is 0 Å². The largest absolute Gasteiger partial charge is 0.204 e. The van der Waals surface area contributed by atoms with Gasteiger partial charge in [0.1, 0.15) is 0 Å². The summed E-state index contributed by atoms with van der Waals surface area (Å²) in [4.78, 5) is 0.471. The highest BCUT2D eigenvalue weighted by molar-refractivity contribution is 7.80. The second-order valence-corrected chi connectivity index (χ2v) is 2.53. The Labute approximate surface area is 63.3 Å². The molecule has 0 amide bonds. The van der Waals surface area contributed by atoms with Crippen LogP contribution in [0.1, 0.15) is 5.56 Å². The summed E-state index contributed by atoms with van der Waals surface area (Å²) in [6.45, 7) is 1.67. The van der Waals surface area contributed by atoms with Gasteiger partial charge >= 0.3 is 0 Å². The van der Waals surface area contributed by atoms with E-state index in [0.717, 1.165) is 12.1 Å². The average Bonchev–Trinajstić information content (AvgIpc) is 1.84. The summed E-state index contributed by atoms with van der Waals surface area (Å²) in [6, 6.07) is 2.19. The van der Waals surface area contributed by atoms with Crippen molar-refractivity contribution in [2.24, 2.45) is 0 Å². The second-order valence-electron chi connectivity index (χ2n) is 2.05. The highest BCUT2D eigenvalue weighted by Crippen LogP contribution is 2.16. The van der Waals surface area contributed by atoms with Gasteiger partial charge in [-0.25, -0.2) is 8.78 Å². The van der Waals surface area contributed by atoms with Crippen LogP contribution in [-0.4, -0.2) is 0 Å². The zero-order valence-corrected chi connectivity index (χ0v) is 6.25. The molecule has 0 fully saturated rings. The van der Waals surface area contributed by atoms with Crippen LogP contribution in [0.4, 0.5) is 8.78 Å². The maximum atomic E-state index is 12.4. The predicted octanol–water partition coefficient (Wildman–Crippen LogP) is 2.56. The van der Waals surface area contributed by atoms with Crippen molar-refractivity contribution in [2.45, 2.75) is 11.8 Å². The van der Waals surface area contributed by atoms with Crippen LogP contribution in [0, 0.1) is 18.6 Å². The Kier molecular flexibility index (Phi) is 1.94. The Balaban J connectivity index is 3.28. The molecule has 1 rings (SSSR count). The van der Waals surface area contributed by atoms with Crippen LogP contribution in [-0.2, 0) is 0 Å². The third-order valence-corrected chi connectivity index (χ3v) is 1.72. The molecule has 0 aliphatic rings. The van der Waals surface area contributed by atoms with E-state index in [1.165, 1.54) is 0 Å². The molecule has 0 nitrogen and oxygen atoms in total. The maximum absolute atomic E-state index is 12.4. The molecule has 0 N–H and O–H groups in total. The lowest BCUT2D eigenvalue weighted by atomic mass is 10.2. The van der Waals surface area contributed by atoms with Crippen molar-refractivity contribution in [3.63, 3.8) is 0 Å². The standard InChI is InChI=1S/C7H6F2S/c1-4-2-5(8)6(9)3-7(4)10/h2-3,10H,1H3. The van der Waals surface area contributed by atoms with Gasteiger partial charge in [0, 0.05) is 4.90 Å². The molecule has 0 heterocycles. The molecule has 0 bridgehead atoms. The average molecular weight is 160 g/mol. The zero-order valence-electron chi connectivity index (χ0n) is 5.36. The van der Waals surface area contributed by atoms with E-state index in [0.29, 0.717) is 10.5 Å². The lowest BCUT2D eigenvalue weighted by molar-refractivity contribution is 0.504. The Morgan fingerprint density at radius 2 is 1.70 bits per heavy atom. The minimum Gasteiger partial charge on any atom is -0.204 e. The van der Waals surface area contributed by atoms with Crippen molar-refractivity contribution in [2.75, 3.05) is 0 Å². The van der Waals surface area contributed by atoms with Crippen molar-refractivity contribution in [3.8, 4) is 0 Å². The maximum Gasteiger partial charge on any atom is 0.159 e. The molecule has 0 unspecified atom stereocenters. The molecule has 0 saturated carbocycles. The first-order valence-corrected chi connectivity index (χ1v) is 3.20. The highest BCUT2D eigenvalue weighted by Gasteiger charge is 2.02. The first kappa shape index (κ1) is 7.54. The zero-order chi connectivity index (χ0) is 7.72. The van der Waals surface area contributed by atoms with E-state index in [2.05, 4.69) is 12.6 Å². The molecule has 0 atom stereocenters. The summed E-state index contributed by atoms with van der Waals surface area (Å²) < 4.78 is 24.7. The quantitative estimate of drug-likeness (QED) is 0.554. The number of halogens is 2. The molecule has 0 radical (unpaired) electrons. The molecule has 1 aromatic rings. The van der Waals surface area contributed by atoms with Gasteiger partial charge in [0.05, 0.1) is 0 Å². The summed E-state index contributed by atoms with van der Waals surface area (Å²) >= 11 is 3.91. The molecule has 10 heavy (non-hydrogen) atoms. The van der Waals surface area contributed by atoms with Gasteiger partial charge in [-0.1, -0.05) is 0 Å². The first-order valence-electron chi connectivity index (χ1n) is 2.76. The SMILES string of the molecule is Cc1cc(F)c(F)cc1S. The number of aryl methyl sites for hydroxylation is 1. The molecule has 0 spiro atoms. The molecular formula is C7H6F2S. The fourth-order valence-electron chi connectivity index (χ4n) is 0.636. The second kappa shape index (κ2) is 2.58. The molecule has 3 heteroatoms. The summed E-state index contributed by atoms with van der Waals surface area (Å²) in [7, 11) is 0. The van der Waals surface area contributed by atoms with Crippen LogP contribution in [0.5, 0.6) is 0 Å². The van der Waals surface area contributed by atoms with Crippen LogP contribution in [0.25, 0.3) is 0 Å². The summed E-state index contributed by atoms with van der Waals surface area (Å²) in [5.41, 5.74) is 0.641. The van der Waals surface area contributed by atoms with Gasteiger partial charge in [0.15, 0.2) is 11.6 Å². The van der Waals surface area contributed by atoms with E-state index in [9.17, 15) is 8.78 Å².